The molecule has 4 aromatic rings. The van der Waals surface area contributed by atoms with Gasteiger partial charge in [0.1, 0.15) is 5.82 Å². The van der Waals surface area contributed by atoms with Crippen LogP contribution in [0.5, 0.6) is 0 Å². The first kappa shape index (κ1) is 16.0. The number of benzene rings is 2. The van der Waals surface area contributed by atoms with Gasteiger partial charge in [-0.1, -0.05) is 24.3 Å². The quantitative estimate of drug-likeness (QED) is 0.616. The van der Waals surface area contributed by atoms with E-state index in [9.17, 15) is 4.79 Å². The van der Waals surface area contributed by atoms with Crippen LogP contribution in [0.3, 0.4) is 0 Å². The van der Waals surface area contributed by atoms with Gasteiger partial charge in [-0.25, -0.2) is 4.98 Å². The number of pyridine rings is 1. The summed E-state index contributed by atoms with van der Waals surface area (Å²) in [6.07, 6.45) is 3.46. The minimum Gasteiger partial charge on any atom is -0.348 e. The van der Waals surface area contributed by atoms with Gasteiger partial charge in [-0.3, -0.25) is 14.3 Å². The minimum absolute atomic E-state index is 0.123. The summed E-state index contributed by atoms with van der Waals surface area (Å²) in [7, 11) is 0. The second-order valence-electron chi connectivity index (χ2n) is 6.08. The molecule has 0 saturated carbocycles. The average molecular weight is 342 g/mol. The van der Waals surface area contributed by atoms with Crippen LogP contribution in [0.4, 0.5) is 0 Å². The first-order valence-corrected chi connectivity index (χ1v) is 8.44. The number of hydrogen-bond donors (Lipinski definition) is 1. The molecule has 2 aromatic carbocycles. The largest absolute Gasteiger partial charge is 0.348 e. The number of aromatic nitrogens is 3. The van der Waals surface area contributed by atoms with Crippen molar-refractivity contribution >= 4 is 16.9 Å². The van der Waals surface area contributed by atoms with Crippen LogP contribution in [0.1, 0.15) is 21.7 Å². The number of carbonyl (C=O) groups is 1. The molecular formula is C21H18N4O. The Bertz CT molecular complexity index is 1060. The van der Waals surface area contributed by atoms with Crippen LogP contribution >= 0.6 is 0 Å². The molecule has 5 heteroatoms. The summed E-state index contributed by atoms with van der Waals surface area (Å²) in [5.41, 5.74) is 4.41. The van der Waals surface area contributed by atoms with E-state index in [1.54, 1.807) is 12.4 Å². The Morgan fingerprint density at radius 3 is 2.69 bits per heavy atom. The van der Waals surface area contributed by atoms with Crippen molar-refractivity contribution in [1.82, 2.24) is 19.9 Å². The molecule has 0 aliphatic heterocycles. The highest BCUT2D eigenvalue weighted by Crippen LogP contribution is 2.22. The summed E-state index contributed by atoms with van der Waals surface area (Å²) in [4.78, 5) is 21.1. The lowest BCUT2D eigenvalue weighted by Gasteiger charge is -2.07. The zero-order valence-corrected chi connectivity index (χ0v) is 14.4. The zero-order chi connectivity index (χ0) is 17.9. The number of para-hydroxylation sites is 1. The number of imidazole rings is 1. The summed E-state index contributed by atoms with van der Waals surface area (Å²) in [5, 5.41) is 2.92. The van der Waals surface area contributed by atoms with E-state index in [0.717, 1.165) is 28.1 Å². The molecule has 5 nitrogen and oxygen atoms in total. The molecule has 0 atom stereocenters. The van der Waals surface area contributed by atoms with Crippen LogP contribution in [-0.2, 0) is 6.54 Å². The second kappa shape index (κ2) is 6.80. The van der Waals surface area contributed by atoms with E-state index in [1.165, 1.54) is 0 Å². The summed E-state index contributed by atoms with van der Waals surface area (Å²) >= 11 is 0. The fourth-order valence-electron chi connectivity index (χ4n) is 3.03. The van der Waals surface area contributed by atoms with Crippen molar-refractivity contribution in [3.63, 3.8) is 0 Å². The van der Waals surface area contributed by atoms with Gasteiger partial charge in [-0.15, -0.1) is 0 Å². The van der Waals surface area contributed by atoms with E-state index < -0.39 is 0 Å². The Hall–Kier alpha value is -3.47. The highest BCUT2D eigenvalue weighted by Gasteiger charge is 2.12. The van der Waals surface area contributed by atoms with Crippen molar-refractivity contribution < 1.29 is 4.79 Å². The molecule has 0 bridgehead atoms. The van der Waals surface area contributed by atoms with Crippen LogP contribution in [-0.4, -0.2) is 20.4 Å². The van der Waals surface area contributed by atoms with E-state index in [2.05, 4.69) is 19.9 Å². The SMILES string of the molecule is Cc1nc2cc(C(=O)NCc3cccnc3)ccc2n1-c1ccccc1. The number of carbonyl (C=O) groups excluding carboxylic acids is 1. The maximum atomic E-state index is 12.5. The normalized spacial score (nSPS) is 10.8. The van der Waals surface area contributed by atoms with Crippen molar-refractivity contribution in [3.8, 4) is 5.69 Å². The van der Waals surface area contributed by atoms with Crippen LogP contribution in [0.2, 0.25) is 0 Å². The van der Waals surface area contributed by atoms with E-state index in [-0.39, 0.29) is 5.91 Å². The summed E-state index contributed by atoms with van der Waals surface area (Å²) < 4.78 is 2.09. The second-order valence-corrected chi connectivity index (χ2v) is 6.08. The smallest absolute Gasteiger partial charge is 0.251 e. The molecule has 0 saturated heterocycles. The highest BCUT2D eigenvalue weighted by atomic mass is 16.1. The molecule has 128 valence electrons. The molecule has 0 aliphatic rings. The molecule has 0 spiro atoms. The number of amides is 1. The van der Waals surface area contributed by atoms with Crippen LogP contribution in [0.15, 0.2) is 73.1 Å². The third kappa shape index (κ3) is 3.07. The average Bonchev–Trinajstić information content (AvgIpc) is 3.02. The number of aryl methyl sites for hydroxylation is 1. The van der Waals surface area contributed by atoms with Gasteiger partial charge in [0, 0.05) is 30.2 Å². The molecule has 26 heavy (non-hydrogen) atoms. The maximum absolute atomic E-state index is 12.5. The molecule has 0 fully saturated rings. The predicted octanol–water partition coefficient (Wildman–Crippen LogP) is 3.66. The summed E-state index contributed by atoms with van der Waals surface area (Å²) in [6, 6.07) is 19.5. The molecule has 1 N–H and O–H groups in total. The number of nitrogens with one attached hydrogen (secondary N) is 1. The predicted molar refractivity (Wildman–Crippen MR) is 101 cm³/mol. The molecule has 0 aliphatic carbocycles. The number of rotatable bonds is 4. The van der Waals surface area contributed by atoms with Crippen LogP contribution in [0, 0.1) is 6.92 Å². The molecule has 0 unspecified atom stereocenters. The third-order valence-corrected chi connectivity index (χ3v) is 4.27. The molecule has 2 heterocycles. The van der Waals surface area contributed by atoms with Crippen molar-refractivity contribution in [2.75, 3.05) is 0 Å². The van der Waals surface area contributed by atoms with Gasteiger partial charge >= 0.3 is 0 Å². The van der Waals surface area contributed by atoms with Crippen molar-refractivity contribution in [2.24, 2.45) is 0 Å². The number of fused-ring (bicyclic) bond motifs is 1. The van der Waals surface area contributed by atoms with Crippen molar-refractivity contribution in [3.05, 3.63) is 90.0 Å². The molecule has 4 rings (SSSR count). The van der Waals surface area contributed by atoms with Gasteiger partial charge < -0.3 is 5.32 Å². The molecule has 0 radical (unpaired) electrons. The number of hydrogen-bond acceptors (Lipinski definition) is 3. The van der Waals surface area contributed by atoms with Gasteiger partial charge in [-0.05, 0) is 48.9 Å². The zero-order valence-electron chi connectivity index (χ0n) is 14.4. The topological polar surface area (TPSA) is 59.8 Å². The summed E-state index contributed by atoms with van der Waals surface area (Å²) in [6.45, 7) is 2.41. The highest BCUT2D eigenvalue weighted by molar-refractivity contribution is 5.97. The third-order valence-electron chi connectivity index (χ3n) is 4.27. The first-order valence-electron chi connectivity index (χ1n) is 8.44. The van der Waals surface area contributed by atoms with E-state index in [1.807, 2.05) is 67.6 Å². The van der Waals surface area contributed by atoms with Gasteiger partial charge in [0.15, 0.2) is 0 Å². The maximum Gasteiger partial charge on any atom is 0.251 e. The Morgan fingerprint density at radius 2 is 1.92 bits per heavy atom. The number of nitrogens with zero attached hydrogens (tertiary/aromatic N) is 3. The Morgan fingerprint density at radius 1 is 1.08 bits per heavy atom. The molecule has 1 amide bonds. The van der Waals surface area contributed by atoms with Gasteiger partial charge in [0.25, 0.3) is 5.91 Å². The first-order chi connectivity index (χ1) is 12.7. The Labute approximate surface area is 151 Å². The van der Waals surface area contributed by atoms with Crippen LogP contribution < -0.4 is 5.32 Å². The lowest BCUT2D eigenvalue weighted by atomic mass is 10.1. The van der Waals surface area contributed by atoms with Gasteiger partial charge in [0.2, 0.25) is 0 Å². The summed E-state index contributed by atoms with van der Waals surface area (Å²) in [5.74, 6) is 0.766. The van der Waals surface area contributed by atoms with E-state index >= 15 is 0 Å². The van der Waals surface area contributed by atoms with Gasteiger partial charge in [-0.2, -0.15) is 0 Å². The molecule has 2 aromatic heterocycles. The fraction of sp³-hybridized carbons (Fsp3) is 0.0952. The van der Waals surface area contributed by atoms with E-state index in [0.29, 0.717) is 12.1 Å². The van der Waals surface area contributed by atoms with E-state index in [4.69, 9.17) is 0 Å². The molecular weight excluding hydrogens is 324 g/mol. The lowest BCUT2D eigenvalue weighted by molar-refractivity contribution is 0.0951. The standard InChI is InChI=1S/C21H18N4O/c1-15-24-19-12-17(21(26)23-14-16-6-5-11-22-13-16)9-10-20(19)25(15)18-7-3-2-4-8-18/h2-13H,14H2,1H3,(H,23,26). The van der Waals surface area contributed by atoms with Crippen molar-refractivity contribution in [1.29, 1.82) is 0 Å². The monoisotopic (exact) mass is 342 g/mol. The minimum atomic E-state index is -0.123. The van der Waals surface area contributed by atoms with Crippen molar-refractivity contribution in [2.45, 2.75) is 13.5 Å². The Kier molecular flexibility index (Phi) is 4.19. The Balaban J connectivity index is 1.61. The fourth-order valence-corrected chi connectivity index (χ4v) is 3.03. The van der Waals surface area contributed by atoms with Crippen LogP contribution in [0.25, 0.3) is 16.7 Å². The van der Waals surface area contributed by atoms with Gasteiger partial charge in [0.05, 0.1) is 11.0 Å². The lowest BCUT2D eigenvalue weighted by Crippen LogP contribution is -2.22.